The van der Waals surface area contributed by atoms with Gasteiger partial charge in [-0.05, 0) is 13.3 Å². The first-order chi connectivity index (χ1) is 7.40. The molecule has 0 radical (unpaired) electrons. The van der Waals surface area contributed by atoms with Gasteiger partial charge in [0.2, 0.25) is 0 Å². The van der Waals surface area contributed by atoms with Crippen LogP contribution in [0.2, 0.25) is 0 Å². The van der Waals surface area contributed by atoms with E-state index in [0.29, 0.717) is 12.8 Å². The lowest BCUT2D eigenvalue weighted by Crippen LogP contribution is -2.39. The summed E-state index contributed by atoms with van der Waals surface area (Å²) in [5, 5.41) is 2.57. The Morgan fingerprint density at radius 1 is 1.38 bits per heavy atom. The predicted molar refractivity (Wildman–Crippen MR) is 54.0 cm³/mol. The third-order valence-corrected chi connectivity index (χ3v) is 1.95. The third kappa shape index (κ3) is 7.50. The first kappa shape index (κ1) is 15.2. The minimum Gasteiger partial charge on any atom is -0.465 e. The van der Waals surface area contributed by atoms with Crippen LogP contribution < -0.4 is 5.32 Å². The predicted octanol–water partition coefficient (Wildman–Crippen LogP) is 2.26. The van der Waals surface area contributed by atoms with Crippen LogP contribution in [0.1, 0.15) is 33.1 Å². The van der Waals surface area contributed by atoms with Crippen molar-refractivity contribution in [2.24, 2.45) is 0 Å². The van der Waals surface area contributed by atoms with E-state index < -0.39 is 24.6 Å². The van der Waals surface area contributed by atoms with Gasteiger partial charge in [-0.15, -0.1) is 0 Å². The molecule has 3 nitrogen and oxygen atoms in total. The van der Waals surface area contributed by atoms with Crippen molar-refractivity contribution in [3.05, 3.63) is 0 Å². The van der Waals surface area contributed by atoms with Crippen LogP contribution in [0.15, 0.2) is 0 Å². The molecule has 0 aromatic carbocycles. The van der Waals surface area contributed by atoms with Gasteiger partial charge in [0.25, 0.3) is 0 Å². The molecular formula is C10H18F3NO2. The monoisotopic (exact) mass is 241 g/mol. The molecule has 0 heterocycles. The number of esters is 1. The van der Waals surface area contributed by atoms with Gasteiger partial charge in [-0.1, -0.05) is 13.3 Å². The first-order valence-electron chi connectivity index (χ1n) is 5.37. The average Bonchev–Trinajstić information content (AvgIpc) is 2.15. The molecular weight excluding hydrogens is 223 g/mol. The van der Waals surface area contributed by atoms with Crippen molar-refractivity contribution in [1.82, 2.24) is 5.32 Å². The normalized spacial score (nSPS) is 13.6. The number of carbonyl (C=O) groups excluding carboxylic acids is 1. The number of alkyl halides is 3. The number of hydrogen-bond donors (Lipinski definition) is 1. The van der Waals surface area contributed by atoms with Gasteiger partial charge in [-0.3, -0.25) is 4.79 Å². The van der Waals surface area contributed by atoms with E-state index in [1.807, 2.05) is 6.92 Å². The Balaban J connectivity index is 3.98. The quantitative estimate of drug-likeness (QED) is 0.695. The second kappa shape index (κ2) is 7.49. The van der Waals surface area contributed by atoms with Crippen molar-refractivity contribution in [2.75, 3.05) is 13.2 Å². The fraction of sp³-hybridized carbons (Fsp3) is 0.900. The summed E-state index contributed by atoms with van der Waals surface area (Å²) in [5.74, 6) is -0.480. The molecule has 0 aromatic heterocycles. The van der Waals surface area contributed by atoms with E-state index in [1.54, 1.807) is 6.92 Å². The summed E-state index contributed by atoms with van der Waals surface area (Å²) in [5.41, 5.74) is 0. The topological polar surface area (TPSA) is 38.3 Å². The molecule has 0 saturated carbocycles. The zero-order chi connectivity index (χ0) is 12.6. The van der Waals surface area contributed by atoms with Gasteiger partial charge in [0.15, 0.2) is 0 Å². The molecule has 0 saturated heterocycles. The van der Waals surface area contributed by atoms with E-state index in [0.717, 1.165) is 0 Å². The summed E-state index contributed by atoms with van der Waals surface area (Å²) in [7, 11) is 0. The summed E-state index contributed by atoms with van der Waals surface area (Å²) in [4.78, 5) is 11.3. The Morgan fingerprint density at radius 2 is 2.00 bits per heavy atom. The van der Waals surface area contributed by atoms with Gasteiger partial charge in [0, 0.05) is 6.54 Å². The summed E-state index contributed by atoms with van der Waals surface area (Å²) in [6, 6.07) is -0.632. The smallest absolute Gasteiger partial charge is 0.390 e. The molecule has 0 rings (SSSR count). The Morgan fingerprint density at radius 3 is 2.44 bits per heavy atom. The van der Waals surface area contributed by atoms with Crippen molar-refractivity contribution in [3.63, 3.8) is 0 Å². The van der Waals surface area contributed by atoms with Crippen molar-refractivity contribution < 1.29 is 22.7 Å². The van der Waals surface area contributed by atoms with E-state index in [4.69, 9.17) is 4.74 Å². The Hall–Kier alpha value is -0.780. The lowest BCUT2D eigenvalue weighted by molar-refractivity contribution is -0.147. The number of halogens is 3. The largest absolute Gasteiger partial charge is 0.465 e. The van der Waals surface area contributed by atoms with Gasteiger partial charge in [-0.25, -0.2) is 0 Å². The minimum atomic E-state index is -4.20. The zero-order valence-electron chi connectivity index (χ0n) is 9.56. The van der Waals surface area contributed by atoms with E-state index >= 15 is 0 Å². The van der Waals surface area contributed by atoms with Crippen LogP contribution in [-0.4, -0.2) is 31.3 Å². The maximum absolute atomic E-state index is 11.9. The molecule has 6 heteroatoms. The van der Waals surface area contributed by atoms with Gasteiger partial charge in [0.1, 0.15) is 6.04 Å². The molecule has 1 N–H and O–H groups in total. The highest BCUT2D eigenvalue weighted by Crippen LogP contribution is 2.18. The highest BCUT2D eigenvalue weighted by atomic mass is 19.4. The van der Waals surface area contributed by atoms with E-state index in [2.05, 4.69) is 5.32 Å². The van der Waals surface area contributed by atoms with Gasteiger partial charge in [0.05, 0.1) is 13.0 Å². The van der Waals surface area contributed by atoms with Crippen LogP contribution in [0, 0.1) is 0 Å². The fourth-order valence-electron chi connectivity index (χ4n) is 1.22. The second-order valence-corrected chi connectivity index (χ2v) is 3.41. The van der Waals surface area contributed by atoms with Crippen LogP contribution in [0.3, 0.4) is 0 Å². The Labute approximate surface area is 93.3 Å². The molecule has 0 aromatic rings. The molecule has 1 unspecified atom stereocenters. The fourth-order valence-corrected chi connectivity index (χ4v) is 1.22. The lowest BCUT2D eigenvalue weighted by Gasteiger charge is -2.16. The molecule has 1 atom stereocenters. The van der Waals surface area contributed by atoms with Crippen molar-refractivity contribution in [3.8, 4) is 0 Å². The van der Waals surface area contributed by atoms with Crippen molar-refractivity contribution in [1.29, 1.82) is 0 Å². The minimum absolute atomic E-state index is 0.236. The highest BCUT2D eigenvalue weighted by molar-refractivity contribution is 5.75. The van der Waals surface area contributed by atoms with E-state index in [-0.39, 0.29) is 13.2 Å². The van der Waals surface area contributed by atoms with Crippen LogP contribution in [0.25, 0.3) is 0 Å². The maximum atomic E-state index is 11.9. The lowest BCUT2D eigenvalue weighted by atomic mass is 10.1. The molecule has 0 aliphatic carbocycles. The van der Waals surface area contributed by atoms with Crippen LogP contribution >= 0.6 is 0 Å². The summed E-state index contributed by atoms with van der Waals surface area (Å²) < 4.78 is 40.4. The van der Waals surface area contributed by atoms with Crippen LogP contribution in [0.4, 0.5) is 13.2 Å². The molecule has 0 amide bonds. The number of nitrogens with one attached hydrogen (secondary N) is 1. The highest BCUT2D eigenvalue weighted by Gasteiger charge is 2.27. The summed E-state index contributed by atoms with van der Waals surface area (Å²) in [6.45, 7) is 3.50. The number of rotatable bonds is 7. The third-order valence-electron chi connectivity index (χ3n) is 1.95. The number of carbonyl (C=O) groups is 1. The number of hydrogen-bond acceptors (Lipinski definition) is 3. The van der Waals surface area contributed by atoms with Crippen LogP contribution in [-0.2, 0) is 9.53 Å². The summed E-state index contributed by atoms with van der Waals surface area (Å²) >= 11 is 0. The van der Waals surface area contributed by atoms with E-state index in [1.165, 1.54) is 0 Å². The Kier molecular flexibility index (Phi) is 7.12. The van der Waals surface area contributed by atoms with E-state index in [9.17, 15) is 18.0 Å². The standard InChI is InChI=1S/C10H18F3NO2/c1-3-5-8(9(15)16-4-2)14-7-6-10(11,12)13/h8,14H,3-7H2,1-2H3. The first-order valence-corrected chi connectivity index (χ1v) is 5.37. The second-order valence-electron chi connectivity index (χ2n) is 3.41. The summed E-state index contributed by atoms with van der Waals surface area (Å²) in [6.07, 6.45) is -3.94. The maximum Gasteiger partial charge on any atom is 0.390 e. The number of ether oxygens (including phenoxy) is 1. The van der Waals surface area contributed by atoms with Gasteiger partial charge < -0.3 is 10.1 Å². The molecule has 0 spiro atoms. The Bertz CT molecular complexity index is 207. The molecule has 0 bridgehead atoms. The van der Waals surface area contributed by atoms with Crippen molar-refractivity contribution in [2.45, 2.75) is 45.3 Å². The zero-order valence-corrected chi connectivity index (χ0v) is 9.56. The molecule has 0 aliphatic heterocycles. The molecule has 0 aliphatic rings. The van der Waals surface area contributed by atoms with Gasteiger partial charge >= 0.3 is 12.1 Å². The molecule has 96 valence electrons. The van der Waals surface area contributed by atoms with Crippen LogP contribution in [0.5, 0.6) is 0 Å². The SMILES string of the molecule is CCCC(NCCC(F)(F)F)C(=O)OCC. The molecule has 0 fully saturated rings. The van der Waals surface area contributed by atoms with Gasteiger partial charge in [-0.2, -0.15) is 13.2 Å². The average molecular weight is 241 g/mol. The van der Waals surface area contributed by atoms with Crippen molar-refractivity contribution >= 4 is 5.97 Å². The molecule has 16 heavy (non-hydrogen) atoms.